The van der Waals surface area contributed by atoms with Crippen LogP contribution in [0.5, 0.6) is 0 Å². The van der Waals surface area contributed by atoms with Crippen LogP contribution in [0, 0.1) is 0 Å². The van der Waals surface area contributed by atoms with Crippen LogP contribution >= 0.6 is 0 Å². The highest BCUT2D eigenvalue weighted by molar-refractivity contribution is 5.95. The van der Waals surface area contributed by atoms with Gasteiger partial charge >= 0.3 is 0 Å². The van der Waals surface area contributed by atoms with Crippen LogP contribution < -0.4 is 0 Å². The lowest BCUT2D eigenvalue weighted by Crippen LogP contribution is -2.29. The molecule has 0 aliphatic carbocycles. The van der Waals surface area contributed by atoms with Gasteiger partial charge in [-0.1, -0.05) is 79.2 Å². The second-order valence-electron chi connectivity index (χ2n) is 8.10. The number of pyridine rings is 1. The molecule has 2 nitrogen and oxygen atoms in total. The fourth-order valence-corrected chi connectivity index (χ4v) is 4.58. The third-order valence-corrected chi connectivity index (χ3v) is 6.26. The first-order chi connectivity index (χ1) is 14.3. The molecule has 2 heterocycles. The van der Waals surface area contributed by atoms with E-state index in [-0.39, 0.29) is 0 Å². The maximum Gasteiger partial charge on any atom is 0.0352 e. The van der Waals surface area contributed by atoms with Crippen LogP contribution in [-0.2, 0) is 0 Å². The van der Waals surface area contributed by atoms with E-state index in [0.29, 0.717) is 6.04 Å². The van der Waals surface area contributed by atoms with Gasteiger partial charge in [-0.15, -0.1) is 0 Å². The molecule has 5 rings (SSSR count). The highest BCUT2D eigenvalue weighted by Crippen LogP contribution is 2.32. The summed E-state index contributed by atoms with van der Waals surface area (Å²) in [5.41, 5.74) is 6.36. The van der Waals surface area contributed by atoms with E-state index >= 15 is 0 Å². The number of hydrogen-bond donors (Lipinski definition) is 0. The van der Waals surface area contributed by atoms with Crippen molar-refractivity contribution in [2.45, 2.75) is 25.3 Å². The highest BCUT2D eigenvalue weighted by Gasteiger charge is 2.20. The van der Waals surface area contributed by atoms with Gasteiger partial charge in [0, 0.05) is 29.4 Å². The Labute approximate surface area is 172 Å². The second kappa shape index (κ2) is 7.81. The minimum absolute atomic E-state index is 0.569. The normalized spacial score (nSPS) is 17.5. The summed E-state index contributed by atoms with van der Waals surface area (Å²) in [6, 6.07) is 27.0. The zero-order valence-corrected chi connectivity index (χ0v) is 16.9. The van der Waals surface area contributed by atoms with Gasteiger partial charge in [-0.2, -0.15) is 0 Å². The van der Waals surface area contributed by atoms with Crippen molar-refractivity contribution in [1.82, 2.24) is 9.88 Å². The van der Waals surface area contributed by atoms with Gasteiger partial charge in [0.1, 0.15) is 0 Å². The van der Waals surface area contributed by atoms with Gasteiger partial charge in [0.25, 0.3) is 0 Å². The molecule has 4 aromatic rings. The maximum absolute atomic E-state index is 4.43. The Morgan fingerprint density at radius 3 is 2.21 bits per heavy atom. The average Bonchev–Trinajstić information content (AvgIpc) is 2.79. The predicted molar refractivity (Wildman–Crippen MR) is 122 cm³/mol. The average molecular weight is 379 g/mol. The van der Waals surface area contributed by atoms with E-state index in [2.05, 4.69) is 89.7 Å². The maximum atomic E-state index is 4.43. The number of nitrogens with zero attached hydrogens (tertiary/aromatic N) is 2. The minimum atomic E-state index is 0.569. The molecule has 1 aliphatic rings. The first-order valence-electron chi connectivity index (χ1n) is 10.5. The van der Waals surface area contributed by atoms with Crippen molar-refractivity contribution in [3.05, 3.63) is 90.8 Å². The molecule has 0 radical (unpaired) electrons. The van der Waals surface area contributed by atoms with E-state index in [9.17, 15) is 0 Å². The Morgan fingerprint density at radius 2 is 1.45 bits per heavy atom. The van der Waals surface area contributed by atoms with E-state index < -0.39 is 0 Å². The number of hydrogen-bond acceptors (Lipinski definition) is 2. The van der Waals surface area contributed by atoms with E-state index in [1.54, 1.807) is 0 Å². The molecule has 144 valence electrons. The Bertz CT molecular complexity index is 1110. The molecule has 1 aliphatic heterocycles. The molecule has 1 saturated heterocycles. The van der Waals surface area contributed by atoms with Crippen LogP contribution in [-0.4, -0.2) is 23.5 Å². The highest BCUT2D eigenvalue weighted by atomic mass is 15.1. The summed E-state index contributed by atoms with van der Waals surface area (Å²) in [4.78, 5) is 6.92. The fraction of sp³-hybridized carbons (Fsp3) is 0.222. The molecule has 0 bridgehead atoms. The van der Waals surface area contributed by atoms with Gasteiger partial charge in [-0.25, -0.2) is 0 Å². The lowest BCUT2D eigenvalue weighted by Gasteiger charge is -2.32. The number of likely N-dealkylation sites (tertiary alicyclic amines) is 1. The zero-order chi connectivity index (χ0) is 19.6. The zero-order valence-electron chi connectivity index (χ0n) is 16.9. The van der Waals surface area contributed by atoms with Crippen LogP contribution in [0.3, 0.4) is 0 Å². The molecular formula is C27H26N2. The molecule has 0 N–H and O–H groups in total. The predicted octanol–water partition coefficient (Wildman–Crippen LogP) is 6.73. The third-order valence-electron chi connectivity index (χ3n) is 6.26. The van der Waals surface area contributed by atoms with Crippen molar-refractivity contribution in [2.75, 3.05) is 13.6 Å². The molecule has 0 spiro atoms. The molecule has 1 unspecified atom stereocenters. The number of fused-ring (bicyclic) bond motifs is 1. The molecule has 0 amide bonds. The van der Waals surface area contributed by atoms with Crippen molar-refractivity contribution < 1.29 is 0 Å². The standard InChI is InChI=1S/C27H26N2/c1-29-17-5-4-8-27(29)23-15-11-21(12-16-23)20-9-13-22(14-10-20)26-19-28-18-24-6-2-3-7-25(24)26/h2-3,6-7,9-16,18-19,27H,4-5,8,17H2,1H3. The number of benzene rings is 3. The van der Waals surface area contributed by atoms with Crippen molar-refractivity contribution in [3.8, 4) is 22.3 Å². The molecule has 2 heteroatoms. The van der Waals surface area contributed by atoms with Gasteiger partial charge < -0.3 is 0 Å². The molecule has 3 aromatic carbocycles. The van der Waals surface area contributed by atoms with Crippen LogP contribution in [0.2, 0.25) is 0 Å². The van der Waals surface area contributed by atoms with Crippen molar-refractivity contribution >= 4 is 10.8 Å². The molecule has 29 heavy (non-hydrogen) atoms. The first kappa shape index (κ1) is 18.1. The van der Waals surface area contributed by atoms with Gasteiger partial charge in [0.2, 0.25) is 0 Å². The van der Waals surface area contributed by atoms with E-state index in [0.717, 1.165) is 0 Å². The summed E-state index contributed by atoms with van der Waals surface area (Å²) in [6.45, 7) is 1.21. The summed E-state index contributed by atoms with van der Waals surface area (Å²) in [5, 5.41) is 2.42. The van der Waals surface area contributed by atoms with Crippen LogP contribution in [0.15, 0.2) is 85.2 Å². The fourth-order valence-electron chi connectivity index (χ4n) is 4.58. The number of rotatable bonds is 3. The van der Waals surface area contributed by atoms with Gasteiger partial charge in [0.15, 0.2) is 0 Å². The van der Waals surface area contributed by atoms with Crippen molar-refractivity contribution in [3.63, 3.8) is 0 Å². The summed E-state index contributed by atoms with van der Waals surface area (Å²) in [6.07, 6.45) is 7.82. The SMILES string of the molecule is CN1CCCCC1c1ccc(-c2ccc(-c3cncc4ccccc34)cc2)cc1. The largest absolute Gasteiger partial charge is 0.299 e. The third kappa shape index (κ3) is 3.56. The van der Waals surface area contributed by atoms with Crippen molar-refractivity contribution in [1.29, 1.82) is 0 Å². The van der Waals surface area contributed by atoms with Crippen LogP contribution in [0.1, 0.15) is 30.9 Å². The number of aromatic nitrogens is 1. The molecular weight excluding hydrogens is 352 g/mol. The summed E-state index contributed by atoms with van der Waals surface area (Å²) in [7, 11) is 2.25. The Hall–Kier alpha value is -2.97. The molecule has 1 atom stereocenters. The molecule has 0 saturated carbocycles. The smallest absolute Gasteiger partial charge is 0.0352 e. The second-order valence-corrected chi connectivity index (χ2v) is 8.10. The molecule has 1 aromatic heterocycles. The van der Waals surface area contributed by atoms with Gasteiger partial charge in [-0.05, 0) is 54.1 Å². The van der Waals surface area contributed by atoms with Crippen molar-refractivity contribution in [2.24, 2.45) is 0 Å². The lowest BCUT2D eigenvalue weighted by molar-refractivity contribution is 0.187. The first-order valence-corrected chi connectivity index (χ1v) is 10.5. The topological polar surface area (TPSA) is 16.1 Å². The molecule has 1 fully saturated rings. The van der Waals surface area contributed by atoms with E-state index in [4.69, 9.17) is 0 Å². The van der Waals surface area contributed by atoms with Crippen LogP contribution in [0.4, 0.5) is 0 Å². The summed E-state index contributed by atoms with van der Waals surface area (Å²) < 4.78 is 0. The Kier molecular flexibility index (Phi) is 4.87. The van der Waals surface area contributed by atoms with Crippen LogP contribution in [0.25, 0.3) is 33.0 Å². The Morgan fingerprint density at radius 1 is 0.759 bits per heavy atom. The van der Waals surface area contributed by atoms with Gasteiger partial charge in [-0.3, -0.25) is 9.88 Å². The minimum Gasteiger partial charge on any atom is -0.299 e. The summed E-state index contributed by atoms with van der Waals surface area (Å²) >= 11 is 0. The van der Waals surface area contributed by atoms with E-state index in [1.165, 1.54) is 64.4 Å². The summed E-state index contributed by atoms with van der Waals surface area (Å²) in [5.74, 6) is 0. The monoisotopic (exact) mass is 378 g/mol. The van der Waals surface area contributed by atoms with Gasteiger partial charge in [0.05, 0.1) is 0 Å². The van der Waals surface area contributed by atoms with E-state index in [1.807, 2.05) is 12.4 Å². The lowest BCUT2D eigenvalue weighted by atomic mass is 9.93. The number of piperidine rings is 1. The quantitative estimate of drug-likeness (QED) is 0.393. The Balaban J connectivity index is 1.41.